The van der Waals surface area contributed by atoms with Gasteiger partial charge in [-0.05, 0) is 44.4 Å². The third kappa shape index (κ3) is 6.82. The molecule has 0 unspecified atom stereocenters. The Bertz CT molecular complexity index is 993. The number of hydrogen-bond acceptors (Lipinski definition) is 4. The van der Waals surface area contributed by atoms with Gasteiger partial charge in [-0.3, -0.25) is 13.9 Å². The number of nitrogens with one attached hydrogen (secondary N) is 1. The minimum Gasteiger partial charge on any atom is -0.355 e. The van der Waals surface area contributed by atoms with Crippen LogP contribution in [0.5, 0.6) is 0 Å². The van der Waals surface area contributed by atoms with Crippen LogP contribution in [0, 0.1) is 6.92 Å². The van der Waals surface area contributed by atoms with Crippen LogP contribution in [0.3, 0.4) is 0 Å². The van der Waals surface area contributed by atoms with Crippen LogP contribution >= 0.6 is 0 Å². The molecule has 2 aromatic carbocycles. The summed E-state index contributed by atoms with van der Waals surface area (Å²) < 4.78 is 26.1. The van der Waals surface area contributed by atoms with Crippen molar-refractivity contribution in [2.45, 2.75) is 33.2 Å². The molecular formula is C23H31N3O4S. The lowest BCUT2D eigenvalue weighted by Gasteiger charge is -2.31. The maximum atomic E-state index is 13.3. The zero-order valence-corrected chi connectivity index (χ0v) is 19.4. The predicted molar refractivity (Wildman–Crippen MR) is 123 cm³/mol. The average molecular weight is 446 g/mol. The summed E-state index contributed by atoms with van der Waals surface area (Å²) >= 11 is 0. The van der Waals surface area contributed by atoms with Gasteiger partial charge in [0.15, 0.2) is 0 Å². The number of nitrogens with zero attached hydrogens (tertiary/aromatic N) is 2. The highest BCUT2D eigenvalue weighted by Crippen LogP contribution is 2.22. The minimum absolute atomic E-state index is 0.272. The van der Waals surface area contributed by atoms with E-state index >= 15 is 0 Å². The minimum atomic E-state index is -3.71. The summed E-state index contributed by atoms with van der Waals surface area (Å²) in [6, 6.07) is 15.9. The zero-order valence-electron chi connectivity index (χ0n) is 18.5. The Hall–Kier alpha value is -2.87. The smallest absolute Gasteiger partial charge is 0.244 e. The van der Waals surface area contributed by atoms with E-state index in [0.29, 0.717) is 25.2 Å². The van der Waals surface area contributed by atoms with Gasteiger partial charge in [0.05, 0.1) is 11.9 Å². The molecule has 0 fully saturated rings. The maximum absolute atomic E-state index is 13.3. The lowest BCUT2D eigenvalue weighted by molar-refractivity contribution is -0.138. The van der Waals surface area contributed by atoms with E-state index in [9.17, 15) is 18.0 Å². The van der Waals surface area contributed by atoms with Crippen LogP contribution < -0.4 is 9.62 Å². The summed E-state index contributed by atoms with van der Waals surface area (Å²) in [5.74, 6) is -0.700. The molecule has 2 rings (SSSR count). The first kappa shape index (κ1) is 24.4. The molecule has 1 N–H and O–H groups in total. The van der Waals surface area contributed by atoms with E-state index in [1.807, 2.05) is 43.3 Å². The van der Waals surface area contributed by atoms with E-state index in [1.165, 1.54) is 4.90 Å². The van der Waals surface area contributed by atoms with E-state index in [1.54, 1.807) is 32.0 Å². The number of hydrogen-bond donors (Lipinski definition) is 1. The highest BCUT2D eigenvalue weighted by Gasteiger charge is 2.29. The molecule has 0 heterocycles. The Kier molecular flexibility index (Phi) is 8.62. The van der Waals surface area contributed by atoms with Crippen molar-refractivity contribution >= 4 is 27.5 Å². The lowest BCUT2D eigenvalue weighted by atomic mass is 10.1. The van der Waals surface area contributed by atoms with Gasteiger partial charge in [0.1, 0.15) is 12.6 Å². The number of carbonyl (C=O) groups is 2. The highest BCUT2D eigenvalue weighted by molar-refractivity contribution is 7.92. The molecule has 0 aliphatic rings. The Morgan fingerprint density at radius 1 is 1.03 bits per heavy atom. The molecule has 2 aromatic rings. The first-order chi connectivity index (χ1) is 14.6. The summed E-state index contributed by atoms with van der Waals surface area (Å²) in [6.45, 7) is 5.64. The molecule has 0 aliphatic carbocycles. The van der Waals surface area contributed by atoms with Crippen molar-refractivity contribution in [3.05, 3.63) is 65.7 Å². The largest absolute Gasteiger partial charge is 0.355 e. The summed E-state index contributed by atoms with van der Waals surface area (Å²) in [5.41, 5.74) is 2.22. The molecule has 31 heavy (non-hydrogen) atoms. The monoisotopic (exact) mass is 445 g/mol. The summed E-state index contributed by atoms with van der Waals surface area (Å²) in [6.07, 6.45) is 1.63. The molecular weight excluding hydrogens is 414 g/mol. The molecule has 0 bridgehead atoms. The highest BCUT2D eigenvalue weighted by atomic mass is 32.2. The fourth-order valence-corrected chi connectivity index (χ4v) is 4.24. The van der Waals surface area contributed by atoms with E-state index < -0.39 is 22.0 Å². The van der Waals surface area contributed by atoms with Gasteiger partial charge in [-0.1, -0.05) is 48.5 Å². The average Bonchev–Trinajstić information content (AvgIpc) is 2.73. The number of likely N-dealkylation sites (N-methyl/N-ethyl adjacent to an activating group) is 1. The standard InChI is InChI=1S/C23H31N3O4S/c1-5-24-23(28)19(3)25(16-15-20-12-7-6-8-13-20)22(27)17-26(31(4,29)30)21-14-10-9-11-18(21)2/h6-14,19H,5,15-17H2,1-4H3,(H,24,28)/t19-/m1/s1. The van der Waals surface area contributed by atoms with E-state index in [0.717, 1.165) is 21.7 Å². The van der Waals surface area contributed by atoms with Gasteiger partial charge in [-0.25, -0.2) is 8.42 Å². The molecule has 1 atom stereocenters. The van der Waals surface area contributed by atoms with Crippen molar-refractivity contribution < 1.29 is 18.0 Å². The van der Waals surface area contributed by atoms with E-state index in [-0.39, 0.29) is 12.5 Å². The third-order valence-corrected chi connectivity index (χ3v) is 6.19. The first-order valence-electron chi connectivity index (χ1n) is 10.3. The number of amides is 2. The van der Waals surface area contributed by atoms with Gasteiger partial charge in [0.2, 0.25) is 21.8 Å². The molecule has 7 nitrogen and oxygen atoms in total. The second-order valence-corrected chi connectivity index (χ2v) is 9.36. The predicted octanol–water partition coefficient (Wildman–Crippen LogP) is 2.36. The molecule has 168 valence electrons. The van der Waals surface area contributed by atoms with Crippen LogP contribution in [0.4, 0.5) is 5.69 Å². The molecule has 0 saturated carbocycles. The van der Waals surface area contributed by atoms with Crippen LogP contribution in [0.2, 0.25) is 0 Å². The van der Waals surface area contributed by atoms with Crippen LogP contribution in [-0.2, 0) is 26.0 Å². The second-order valence-electron chi connectivity index (χ2n) is 7.45. The van der Waals surface area contributed by atoms with E-state index in [4.69, 9.17) is 0 Å². The van der Waals surface area contributed by atoms with Gasteiger partial charge >= 0.3 is 0 Å². The maximum Gasteiger partial charge on any atom is 0.244 e. The fourth-order valence-electron chi connectivity index (χ4n) is 3.33. The van der Waals surface area contributed by atoms with Crippen LogP contribution in [0.15, 0.2) is 54.6 Å². The Morgan fingerprint density at radius 3 is 2.23 bits per heavy atom. The van der Waals surface area contributed by atoms with Crippen molar-refractivity contribution in [2.24, 2.45) is 0 Å². The number of aryl methyl sites for hydroxylation is 1. The molecule has 0 aliphatic heterocycles. The molecule has 0 aromatic heterocycles. The Labute approximate surface area is 185 Å². The van der Waals surface area contributed by atoms with Crippen molar-refractivity contribution in [3.63, 3.8) is 0 Å². The van der Waals surface area contributed by atoms with Crippen molar-refractivity contribution in [1.82, 2.24) is 10.2 Å². The number of para-hydroxylation sites is 1. The number of carbonyl (C=O) groups excluding carboxylic acids is 2. The van der Waals surface area contributed by atoms with Crippen LogP contribution in [0.1, 0.15) is 25.0 Å². The molecule has 0 saturated heterocycles. The molecule has 0 spiro atoms. The van der Waals surface area contributed by atoms with Gasteiger partial charge < -0.3 is 10.2 Å². The van der Waals surface area contributed by atoms with Gasteiger partial charge in [-0.15, -0.1) is 0 Å². The van der Waals surface area contributed by atoms with Gasteiger partial charge in [-0.2, -0.15) is 0 Å². The SMILES string of the molecule is CCNC(=O)[C@@H](C)N(CCc1ccccc1)C(=O)CN(c1ccccc1C)S(C)(=O)=O. The van der Waals surface area contributed by atoms with Crippen LogP contribution in [0.25, 0.3) is 0 Å². The Balaban J connectivity index is 2.30. The first-order valence-corrected chi connectivity index (χ1v) is 12.1. The normalized spacial score (nSPS) is 12.1. The molecule has 2 amide bonds. The number of anilines is 1. The van der Waals surface area contributed by atoms with Crippen molar-refractivity contribution in [1.29, 1.82) is 0 Å². The van der Waals surface area contributed by atoms with Gasteiger partial charge in [0.25, 0.3) is 0 Å². The topological polar surface area (TPSA) is 86.8 Å². The zero-order chi connectivity index (χ0) is 23.0. The van der Waals surface area contributed by atoms with E-state index in [2.05, 4.69) is 5.32 Å². The number of rotatable bonds is 10. The molecule has 0 radical (unpaired) electrons. The summed E-state index contributed by atoms with van der Waals surface area (Å²) in [5, 5.41) is 2.74. The lowest BCUT2D eigenvalue weighted by Crippen LogP contribution is -2.52. The summed E-state index contributed by atoms with van der Waals surface area (Å²) in [7, 11) is -3.71. The van der Waals surface area contributed by atoms with Crippen molar-refractivity contribution in [2.75, 3.05) is 30.2 Å². The summed E-state index contributed by atoms with van der Waals surface area (Å²) in [4.78, 5) is 27.2. The molecule has 8 heteroatoms. The Morgan fingerprint density at radius 2 is 1.65 bits per heavy atom. The van der Waals surface area contributed by atoms with Crippen molar-refractivity contribution in [3.8, 4) is 0 Å². The second kappa shape index (κ2) is 10.9. The number of sulfonamides is 1. The fraction of sp³-hybridized carbons (Fsp3) is 0.391. The van der Waals surface area contributed by atoms with Crippen LogP contribution in [-0.4, -0.2) is 57.1 Å². The quantitative estimate of drug-likeness (QED) is 0.608. The third-order valence-electron chi connectivity index (χ3n) is 5.07. The van der Waals surface area contributed by atoms with Gasteiger partial charge in [0, 0.05) is 13.1 Å². The number of benzene rings is 2.